The first kappa shape index (κ1) is 11.4. The van der Waals surface area contributed by atoms with Crippen molar-refractivity contribution in [1.29, 1.82) is 0 Å². The van der Waals surface area contributed by atoms with Crippen molar-refractivity contribution in [2.75, 3.05) is 6.61 Å². The molecule has 0 aromatic carbocycles. The van der Waals surface area contributed by atoms with Crippen LogP contribution in [0.2, 0.25) is 0 Å². The predicted octanol–water partition coefficient (Wildman–Crippen LogP) is 2.08. The van der Waals surface area contributed by atoms with Gasteiger partial charge >= 0.3 is 5.97 Å². The van der Waals surface area contributed by atoms with Gasteiger partial charge in [-0.3, -0.25) is 0 Å². The van der Waals surface area contributed by atoms with Crippen LogP contribution in [0.4, 0.5) is 0 Å². The monoisotopic (exact) mass is 205 g/mol. The molecule has 3 nitrogen and oxygen atoms in total. The molecule has 0 amide bonds. The number of carbonyl (C=O) groups is 1. The molecule has 0 fully saturated rings. The van der Waals surface area contributed by atoms with E-state index >= 15 is 0 Å². The Kier molecular flexibility index (Phi) is 4.49. The van der Waals surface area contributed by atoms with Gasteiger partial charge in [0.25, 0.3) is 0 Å². The van der Waals surface area contributed by atoms with Crippen molar-refractivity contribution in [3.8, 4) is 11.8 Å². The summed E-state index contributed by atoms with van der Waals surface area (Å²) in [6.07, 6.45) is 2.61. The molecule has 0 saturated carbocycles. The molecule has 0 atom stereocenters. The molecule has 0 aliphatic heterocycles. The van der Waals surface area contributed by atoms with E-state index in [-0.39, 0.29) is 5.97 Å². The minimum Gasteiger partial charge on any atom is -0.461 e. The second-order valence-electron chi connectivity index (χ2n) is 2.98. The molecule has 1 aromatic heterocycles. The Bertz CT molecular complexity index is 382. The summed E-state index contributed by atoms with van der Waals surface area (Å²) in [7, 11) is 0. The van der Waals surface area contributed by atoms with Crippen molar-refractivity contribution in [2.45, 2.75) is 26.8 Å². The van der Waals surface area contributed by atoms with Gasteiger partial charge in [-0.1, -0.05) is 0 Å². The minimum absolute atomic E-state index is 0.271. The molecule has 0 spiro atoms. The number of hydrogen-bond acceptors (Lipinski definition) is 2. The number of ether oxygens (including phenoxy) is 1. The quantitative estimate of drug-likeness (QED) is 0.556. The summed E-state index contributed by atoms with van der Waals surface area (Å²) >= 11 is 0. The lowest BCUT2D eigenvalue weighted by atomic mass is 10.4. The highest BCUT2D eigenvalue weighted by atomic mass is 16.5. The van der Waals surface area contributed by atoms with E-state index in [1.807, 2.05) is 23.8 Å². The van der Waals surface area contributed by atoms with Crippen LogP contribution in [0.3, 0.4) is 0 Å². The number of aromatic nitrogens is 1. The van der Waals surface area contributed by atoms with Gasteiger partial charge < -0.3 is 9.30 Å². The third-order valence-corrected chi connectivity index (χ3v) is 1.97. The Morgan fingerprint density at radius 3 is 3.07 bits per heavy atom. The average Bonchev–Trinajstić information content (AvgIpc) is 2.67. The van der Waals surface area contributed by atoms with E-state index in [0.717, 1.165) is 13.0 Å². The van der Waals surface area contributed by atoms with Crippen molar-refractivity contribution in [2.24, 2.45) is 0 Å². The maximum Gasteiger partial charge on any atom is 0.354 e. The zero-order chi connectivity index (χ0) is 11.1. The average molecular weight is 205 g/mol. The lowest BCUT2D eigenvalue weighted by Gasteiger charge is -2.06. The van der Waals surface area contributed by atoms with Gasteiger partial charge in [-0.05, 0) is 26.0 Å². The van der Waals surface area contributed by atoms with Gasteiger partial charge in [-0.2, -0.15) is 0 Å². The third kappa shape index (κ3) is 3.17. The molecule has 1 rings (SSSR count). The third-order valence-electron chi connectivity index (χ3n) is 1.97. The van der Waals surface area contributed by atoms with Crippen molar-refractivity contribution in [3.05, 3.63) is 24.0 Å². The van der Waals surface area contributed by atoms with E-state index in [4.69, 9.17) is 4.74 Å². The van der Waals surface area contributed by atoms with Gasteiger partial charge in [0.15, 0.2) is 0 Å². The summed E-state index contributed by atoms with van der Waals surface area (Å²) in [5.74, 6) is 5.51. The Labute approximate surface area is 90.0 Å². The highest BCUT2D eigenvalue weighted by Crippen LogP contribution is 2.05. The maximum absolute atomic E-state index is 11.5. The second kappa shape index (κ2) is 5.92. The van der Waals surface area contributed by atoms with Gasteiger partial charge in [-0.15, -0.1) is 11.8 Å². The molecule has 0 aliphatic rings. The highest BCUT2D eigenvalue weighted by molar-refractivity contribution is 5.87. The fourth-order valence-electron chi connectivity index (χ4n) is 1.30. The van der Waals surface area contributed by atoms with E-state index in [1.54, 1.807) is 13.0 Å². The predicted molar refractivity (Wildman–Crippen MR) is 58.5 cm³/mol. The minimum atomic E-state index is -0.271. The zero-order valence-corrected chi connectivity index (χ0v) is 9.12. The van der Waals surface area contributed by atoms with Crippen LogP contribution >= 0.6 is 0 Å². The van der Waals surface area contributed by atoms with E-state index in [0.29, 0.717) is 12.3 Å². The summed E-state index contributed by atoms with van der Waals surface area (Å²) in [5.41, 5.74) is 0.592. The number of nitrogens with zero attached hydrogens (tertiary/aromatic N) is 1. The van der Waals surface area contributed by atoms with Crippen LogP contribution in [0, 0.1) is 11.8 Å². The standard InChI is InChI=1S/C12H15NO2/c1-3-5-6-9-13-10-7-8-11(13)12(14)15-4-2/h7-8,10H,4,6,9H2,1-2H3. The molecule has 1 aromatic rings. The number of esters is 1. The molecular weight excluding hydrogens is 190 g/mol. The van der Waals surface area contributed by atoms with E-state index in [9.17, 15) is 4.79 Å². The molecule has 1 heterocycles. The molecule has 0 saturated heterocycles. The molecule has 15 heavy (non-hydrogen) atoms. The van der Waals surface area contributed by atoms with E-state index in [2.05, 4.69) is 11.8 Å². The summed E-state index contributed by atoms with van der Waals surface area (Å²) in [6.45, 7) is 4.73. The second-order valence-corrected chi connectivity index (χ2v) is 2.98. The highest BCUT2D eigenvalue weighted by Gasteiger charge is 2.10. The van der Waals surface area contributed by atoms with Crippen LogP contribution < -0.4 is 0 Å². The summed E-state index contributed by atoms with van der Waals surface area (Å²) in [5, 5.41) is 0. The lowest BCUT2D eigenvalue weighted by Crippen LogP contribution is -2.11. The molecule has 0 aliphatic carbocycles. The van der Waals surface area contributed by atoms with Gasteiger partial charge in [-0.25, -0.2) is 4.79 Å². The normalized spacial score (nSPS) is 9.20. The van der Waals surface area contributed by atoms with Crippen molar-refractivity contribution >= 4 is 5.97 Å². The van der Waals surface area contributed by atoms with Crippen LogP contribution in [0.25, 0.3) is 0 Å². The van der Waals surface area contributed by atoms with Crippen molar-refractivity contribution < 1.29 is 9.53 Å². The van der Waals surface area contributed by atoms with Gasteiger partial charge in [0.05, 0.1) is 6.61 Å². The smallest absolute Gasteiger partial charge is 0.354 e. The summed E-state index contributed by atoms with van der Waals surface area (Å²) < 4.78 is 6.80. The van der Waals surface area contributed by atoms with Crippen LogP contribution in [0.1, 0.15) is 30.8 Å². The number of rotatable bonds is 4. The largest absolute Gasteiger partial charge is 0.461 e. The topological polar surface area (TPSA) is 31.2 Å². The molecule has 0 bridgehead atoms. The summed E-state index contributed by atoms with van der Waals surface area (Å²) in [6, 6.07) is 3.60. The first-order chi connectivity index (χ1) is 7.29. The van der Waals surface area contributed by atoms with Crippen molar-refractivity contribution in [3.63, 3.8) is 0 Å². The first-order valence-electron chi connectivity index (χ1n) is 5.01. The molecule has 0 radical (unpaired) electrons. The molecule has 80 valence electrons. The number of hydrogen-bond donors (Lipinski definition) is 0. The molecular formula is C12H15NO2. The van der Waals surface area contributed by atoms with Crippen LogP contribution in [-0.2, 0) is 11.3 Å². The zero-order valence-electron chi connectivity index (χ0n) is 9.12. The first-order valence-corrected chi connectivity index (χ1v) is 5.01. The fraction of sp³-hybridized carbons (Fsp3) is 0.417. The Morgan fingerprint density at radius 1 is 1.60 bits per heavy atom. The van der Waals surface area contributed by atoms with Crippen LogP contribution in [0.15, 0.2) is 18.3 Å². The maximum atomic E-state index is 11.5. The lowest BCUT2D eigenvalue weighted by molar-refractivity contribution is 0.0514. The molecule has 0 N–H and O–H groups in total. The van der Waals surface area contributed by atoms with Gasteiger partial charge in [0.1, 0.15) is 5.69 Å². The Morgan fingerprint density at radius 2 is 2.40 bits per heavy atom. The van der Waals surface area contributed by atoms with Crippen LogP contribution in [-0.4, -0.2) is 17.1 Å². The SMILES string of the molecule is CC#CCCn1cccc1C(=O)OCC. The number of aryl methyl sites for hydroxylation is 1. The molecule has 0 unspecified atom stereocenters. The fourth-order valence-corrected chi connectivity index (χ4v) is 1.30. The Balaban J connectivity index is 2.67. The number of carbonyl (C=O) groups excluding carboxylic acids is 1. The van der Waals surface area contributed by atoms with Gasteiger partial charge in [0.2, 0.25) is 0 Å². The van der Waals surface area contributed by atoms with E-state index in [1.165, 1.54) is 0 Å². The van der Waals surface area contributed by atoms with E-state index < -0.39 is 0 Å². The van der Waals surface area contributed by atoms with Crippen molar-refractivity contribution in [1.82, 2.24) is 4.57 Å². The summed E-state index contributed by atoms with van der Waals surface area (Å²) in [4.78, 5) is 11.5. The Hall–Kier alpha value is -1.69. The van der Waals surface area contributed by atoms with Gasteiger partial charge in [0, 0.05) is 19.2 Å². The van der Waals surface area contributed by atoms with Crippen LogP contribution in [0.5, 0.6) is 0 Å². The molecule has 3 heteroatoms.